The van der Waals surface area contributed by atoms with Crippen LogP contribution in [0, 0.1) is 17.0 Å². The number of nitro benzene ring substituents is 1. The van der Waals surface area contributed by atoms with Crippen LogP contribution in [-0.4, -0.2) is 21.0 Å². The van der Waals surface area contributed by atoms with E-state index in [-0.39, 0.29) is 17.1 Å². The molecule has 32 heavy (non-hydrogen) atoms. The molecule has 1 aromatic heterocycles. The van der Waals surface area contributed by atoms with Gasteiger partial charge in [-0.05, 0) is 54.6 Å². The van der Waals surface area contributed by atoms with E-state index in [1.165, 1.54) is 18.2 Å². The van der Waals surface area contributed by atoms with Crippen LogP contribution in [0.1, 0.15) is 16.9 Å². The molecule has 1 fully saturated rings. The monoisotopic (exact) mass is 488 g/mol. The van der Waals surface area contributed by atoms with E-state index < -0.39 is 16.1 Å². The predicted molar refractivity (Wildman–Crippen MR) is 124 cm³/mol. The van der Waals surface area contributed by atoms with Crippen molar-refractivity contribution in [1.29, 1.82) is 0 Å². The van der Waals surface area contributed by atoms with Gasteiger partial charge in [-0.3, -0.25) is 24.6 Å². The van der Waals surface area contributed by atoms with Gasteiger partial charge in [0.25, 0.3) is 16.8 Å². The van der Waals surface area contributed by atoms with E-state index in [2.05, 4.69) is 0 Å². The minimum absolute atomic E-state index is 0.00896. The Morgan fingerprint density at radius 1 is 1.12 bits per heavy atom. The number of non-ortho nitro benzene ring substituents is 1. The number of benzene rings is 2. The van der Waals surface area contributed by atoms with Gasteiger partial charge in [-0.15, -0.1) is 0 Å². The van der Waals surface area contributed by atoms with Gasteiger partial charge in [0.15, 0.2) is 0 Å². The molecular weight excluding hydrogens is 475 g/mol. The van der Waals surface area contributed by atoms with E-state index in [0.717, 1.165) is 16.7 Å². The molecule has 4 rings (SSSR count). The van der Waals surface area contributed by atoms with Gasteiger partial charge in [-0.25, -0.2) is 0 Å². The van der Waals surface area contributed by atoms with Gasteiger partial charge in [-0.1, -0.05) is 29.3 Å². The molecule has 3 aromatic rings. The second-order valence-electron chi connectivity index (χ2n) is 6.93. The van der Waals surface area contributed by atoms with Crippen LogP contribution in [0.5, 0.6) is 0 Å². The number of halogens is 2. The number of rotatable bonds is 5. The van der Waals surface area contributed by atoms with Crippen LogP contribution in [0.3, 0.4) is 0 Å². The Labute approximate surface area is 196 Å². The fraction of sp³-hybridized carbons (Fsp3) is 0.0909. The van der Waals surface area contributed by atoms with Crippen molar-refractivity contribution in [3.63, 3.8) is 0 Å². The summed E-state index contributed by atoms with van der Waals surface area (Å²) in [7, 11) is 0. The van der Waals surface area contributed by atoms with Crippen LogP contribution in [-0.2, 0) is 11.3 Å². The van der Waals surface area contributed by atoms with Crippen molar-refractivity contribution in [3.8, 4) is 11.3 Å². The van der Waals surface area contributed by atoms with Crippen molar-refractivity contribution in [1.82, 2.24) is 4.90 Å². The molecule has 0 saturated carbocycles. The average molecular weight is 489 g/mol. The Bertz CT molecular complexity index is 1280. The molecule has 0 N–H and O–H groups in total. The van der Waals surface area contributed by atoms with Gasteiger partial charge in [0.1, 0.15) is 11.5 Å². The largest absolute Gasteiger partial charge is 0.457 e. The number of hydrogen-bond donors (Lipinski definition) is 0. The molecule has 10 heteroatoms. The summed E-state index contributed by atoms with van der Waals surface area (Å²) < 4.78 is 5.80. The Morgan fingerprint density at radius 2 is 1.84 bits per heavy atom. The molecule has 0 aliphatic carbocycles. The highest BCUT2D eigenvalue weighted by molar-refractivity contribution is 8.18. The lowest BCUT2D eigenvalue weighted by Gasteiger charge is -2.14. The van der Waals surface area contributed by atoms with Gasteiger partial charge < -0.3 is 4.42 Å². The zero-order valence-corrected chi connectivity index (χ0v) is 18.8. The van der Waals surface area contributed by atoms with Crippen LogP contribution in [0.4, 0.5) is 10.5 Å². The minimum atomic E-state index is -0.472. The van der Waals surface area contributed by atoms with Crippen molar-refractivity contribution in [2.75, 3.05) is 0 Å². The maximum absolute atomic E-state index is 12.8. The third kappa shape index (κ3) is 4.29. The highest BCUT2D eigenvalue weighted by Gasteiger charge is 2.36. The summed E-state index contributed by atoms with van der Waals surface area (Å²) in [6, 6.07) is 12.8. The first-order chi connectivity index (χ1) is 15.2. The Hall–Kier alpha value is -3.07. The highest BCUT2D eigenvalue weighted by atomic mass is 35.5. The summed E-state index contributed by atoms with van der Waals surface area (Å²) in [5.41, 5.74) is 1.85. The van der Waals surface area contributed by atoms with Crippen LogP contribution in [0.2, 0.25) is 10.0 Å². The maximum Gasteiger partial charge on any atom is 0.293 e. The first-order valence-electron chi connectivity index (χ1n) is 9.28. The number of amides is 2. The fourth-order valence-corrected chi connectivity index (χ4v) is 4.56. The SMILES string of the molecule is Cc1cc([N+](=O)[O-])ccc1-c1ccc(/C=C2\SC(=O)N(Cc3c(Cl)cccc3Cl)C2=O)o1. The van der Waals surface area contributed by atoms with Gasteiger partial charge >= 0.3 is 0 Å². The molecule has 1 saturated heterocycles. The molecule has 162 valence electrons. The van der Waals surface area contributed by atoms with E-state index in [4.69, 9.17) is 27.6 Å². The molecular formula is C22H14Cl2N2O5S. The van der Waals surface area contributed by atoms with Gasteiger partial charge in [0.05, 0.1) is 16.4 Å². The second kappa shape index (κ2) is 8.82. The molecule has 2 heterocycles. The Balaban J connectivity index is 1.57. The summed E-state index contributed by atoms with van der Waals surface area (Å²) >= 11 is 13.1. The van der Waals surface area contributed by atoms with Gasteiger partial charge in [0.2, 0.25) is 0 Å². The first-order valence-corrected chi connectivity index (χ1v) is 10.9. The lowest BCUT2D eigenvalue weighted by Crippen LogP contribution is -2.27. The number of carbonyl (C=O) groups excluding carboxylic acids is 2. The van der Waals surface area contributed by atoms with E-state index in [1.54, 1.807) is 43.3 Å². The predicted octanol–water partition coefficient (Wildman–Crippen LogP) is 6.71. The number of thioether (sulfide) groups is 1. The van der Waals surface area contributed by atoms with Gasteiger partial charge in [0, 0.05) is 39.4 Å². The summed E-state index contributed by atoms with van der Waals surface area (Å²) in [5, 5.41) is 11.2. The summed E-state index contributed by atoms with van der Waals surface area (Å²) in [4.78, 5) is 37.0. The lowest BCUT2D eigenvalue weighted by atomic mass is 10.1. The summed E-state index contributed by atoms with van der Waals surface area (Å²) in [6.07, 6.45) is 1.49. The first kappa shape index (κ1) is 22.1. The topological polar surface area (TPSA) is 93.7 Å². The van der Waals surface area contributed by atoms with E-state index in [9.17, 15) is 19.7 Å². The number of nitrogens with zero attached hydrogens (tertiary/aromatic N) is 2. The third-order valence-corrected chi connectivity index (χ3v) is 6.45. The molecule has 1 aliphatic rings. The van der Waals surface area contributed by atoms with Crippen molar-refractivity contribution in [2.45, 2.75) is 13.5 Å². The average Bonchev–Trinajstić information content (AvgIpc) is 3.30. The van der Waals surface area contributed by atoms with Crippen LogP contribution in [0.15, 0.2) is 57.9 Å². The van der Waals surface area contributed by atoms with Gasteiger partial charge in [-0.2, -0.15) is 0 Å². The molecule has 1 aliphatic heterocycles. The Kier molecular flexibility index (Phi) is 6.10. The number of hydrogen-bond acceptors (Lipinski definition) is 6. The van der Waals surface area contributed by atoms with Crippen molar-refractivity contribution >= 4 is 57.9 Å². The molecule has 0 spiro atoms. The zero-order chi connectivity index (χ0) is 23.0. The third-order valence-electron chi connectivity index (χ3n) is 4.84. The van der Waals surface area contributed by atoms with Crippen LogP contribution >= 0.6 is 35.0 Å². The van der Waals surface area contributed by atoms with Crippen molar-refractivity contribution in [2.24, 2.45) is 0 Å². The summed E-state index contributed by atoms with van der Waals surface area (Å²) in [5.74, 6) is 0.394. The van der Waals surface area contributed by atoms with Crippen LogP contribution < -0.4 is 0 Å². The van der Waals surface area contributed by atoms with Crippen LogP contribution in [0.25, 0.3) is 17.4 Å². The number of imide groups is 1. The van der Waals surface area contributed by atoms with Crippen molar-refractivity contribution < 1.29 is 18.9 Å². The number of nitro groups is 1. The highest BCUT2D eigenvalue weighted by Crippen LogP contribution is 2.36. The molecule has 2 aromatic carbocycles. The standard InChI is InChI=1S/C22H14Cl2N2O5S/c1-12-9-13(26(29)30)5-7-15(12)19-8-6-14(31-19)10-20-21(27)25(22(28)32-20)11-16-17(23)3-2-4-18(16)24/h2-10H,11H2,1H3/b20-10-. The molecule has 0 bridgehead atoms. The second-order valence-corrected chi connectivity index (χ2v) is 8.73. The van der Waals surface area contributed by atoms with Crippen molar-refractivity contribution in [3.05, 3.63) is 90.5 Å². The fourth-order valence-electron chi connectivity index (χ4n) is 3.22. The maximum atomic E-state index is 12.8. The number of furan rings is 1. The molecule has 0 radical (unpaired) electrons. The smallest absolute Gasteiger partial charge is 0.293 e. The normalized spacial score (nSPS) is 15.1. The number of aryl methyl sites for hydroxylation is 1. The van der Waals surface area contributed by atoms with E-state index >= 15 is 0 Å². The number of carbonyl (C=O) groups is 2. The quantitative estimate of drug-likeness (QED) is 0.225. The summed E-state index contributed by atoms with van der Waals surface area (Å²) in [6.45, 7) is 1.71. The lowest BCUT2D eigenvalue weighted by molar-refractivity contribution is -0.384. The minimum Gasteiger partial charge on any atom is -0.457 e. The molecule has 2 amide bonds. The van der Waals surface area contributed by atoms with E-state index in [1.807, 2.05) is 0 Å². The van der Waals surface area contributed by atoms with E-state index in [0.29, 0.717) is 38.3 Å². The molecule has 7 nitrogen and oxygen atoms in total. The Morgan fingerprint density at radius 3 is 2.50 bits per heavy atom. The molecule has 0 unspecified atom stereocenters. The zero-order valence-electron chi connectivity index (χ0n) is 16.5. The molecule has 0 atom stereocenters.